The number of nitrogens with one attached hydrogen (secondary N) is 1. The maximum absolute atomic E-state index is 11.8. The largest absolute Gasteiger partial charge is 0.354 e. The lowest BCUT2D eigenvalue weighted by atomic mass is 9.85. The molecule has 1 aliphatic rings. The van der Waals surface area contributed by atoms with E-state index in [9.17, 15) is 9.59 Å². The third-order valence-electron chi connectivity index (χ3n) is 4.06. The van der Waals surface area contributed by atoms with E-state index in [1.165, 1.54) is 5.56 Å². The van der Waals surface area contributed by atoms with Crippen LogP contribution in [0, 0.1) is 12.8 Å². The molecule has 0 spiro atoms. The standard InChI is InChI=1S/C17H24N2O2/c1-13-5-3-6-15(11-13)12-19(14(2)20)10-9-18-17(21)16-7-4-8-16/h3,5-6,11,16H,4,7-10,12H2,1-2H3,(H,18,21). The lowest BCUT2D eigenvalue weighted by molar-refractivity contribution is -0.131. The number of nitrogens with zero attached hydrogens (tertiary/aromatic N) is 1. The van der Waals surface area contributed by atoms with E-state index in [1.54, 1.807) is 11.8 Å². The molecule has 1 N–H and O–H groups in total. The highest BCUT2D eigenvalue weighted by atomic mass is 16.2. The van der Waals surface area contributed by atoms with Crippen molar-refractivity contribution in [2.24, 2.45) is 5.92 Å². The van der Waals surface area contributed by atoms with Gasteiger partial charge in [0, 0.05) is 32.5 Å². The van der Waals surface area contributed by atoms with E-state index < -0.39 is 0 Å². The third kappa shape index (κ3) is 4.59. The first-order valence-electron chi connectivity index (χ1n) is 7.65. The van der Waals surface area contributed by atoms with Gasteiger partial charge >= 0.3 is 0 Å². The minimum Gasteiger partial charge on any atom is -0.354 e. The second kappa shape index (κ2) is 7.25. The lowest BCUT2D eigenvalue weighted by Gasteiger charge is -2.26. The van der Waals surface area contributed by atoms with Crippen LogP contribution in [0.3, 0.4) is 0 Å². The molecule has 1 aliphatic carbocycles. The fraction of sp³-hybridized carbons (Fsp3) is 0.529. The number of rotatable bonds is 6. The molecular weight excluding hydrogens is 264 g/mol. The van der Waals surface area contributed by atoms with Gasteiger partial charge in [0.1, 0.15) is 0 Å². The molecule has 2 amide bonds. The Morgan fingerprint density at radius 3 is 2.67 bits per heavy atom. The van der Waals surface area contributed by atoms with Gasteiger partial charge < -0.3 is 10.2 Å². The van der Waals surface area contributed by atoms with E-state index in [0.717, 1.165) is 24.8 Å². The molecule has 1 aromatic rings. The summed E-state index contributed by atoms with van der Waals surface area (Å²) in [6, 6.07) is 8.15. The first-order chi connectivity index (χ1) is 10.1. The van der Waals surface area contributed by atoms with Crippen molar-refractivity contribution in [3.05, 3.63) is 35.4 Å². The number of carbonyl (C=O) groups excluding carboxylic acids is 2. The van der Waals surface area contributed by atoms with E-state index in [4.69, 9.17) is 0 Å². The molecule has 21 heavy (non-hydrogen) atoms. The Bertz CT molecular complexity index is 509. The minimum absolute atomic E-state index is 0.0365. The topological polar surface area (TPSA) is 49.4 Å². The molecule has 0 saturated heterocycles. The second-order valence-corrected chi connectivity index (χ2v) is 5.85. The van der Waals surface area contributed by atoms with E-state index in [2.05, 4.69) is 11.4 Å². The third-order valence-corrected chi connectivity index (χ3v) is 4.06. The molecule has 2 rings (SSSR count). The quantitative estimate of drug-likeness (QED) is 0.873. The molecule has 0 bridgehead atoms. The summed E-state index contributed by atoms with van der Waals surface area (Å²) in [5.41, 5.74) is 2.31. The van der Waals surface area contributed by atoms with Crippen LogP contribution >= 0.6 is 0 Å². The fourth-order valence-corrected chi connectivity index (χ4v) is 2.51. The second-order valence-electron chi connectivity index (χ2n) is 5.85. The van der Waals surface area contributed by atoms with E-state index in [-0.39, 0.29) is 17.7 Å². The molecular formula is C17H24N2O2. The molecule has 0 aromatic heterocycles. The van der Waals surface area contributed by atoms with Gasteiger partial charge in [0.15, 0.2) is 0 Å². The van der Waals surface area contributed by atoms with Gasteiger partial charge in [-0.2, -0.15) is 0 Å². The zero-order chi connectivity index (χ0) is 15.2. The summed E-state index contributed by atoms with van der Waals surface area (Å²) >= 11 is 0. The van der Waals surface area contributed by atoms with Crippen molar-refractivity contribution in [3.63, 3.8) is 0 Å². The van der Waals surface area contributed by atoms with Crippen LogP contribution in [0.2, 0.25) is 0 Å². The summed E-state index contributed by atoms with van der Waals surface area (Å²) in [5, 5.41) is 2.93. The molecule has 0 heterocycles. The monoisotopic (exact) mass is 288 g/mol. The molecule has 1 aromatic carbocycles. The van der Waals surface area contributed by atoms with Crippen molar-refractivity contribution in [3.8, 4) is 0 Å². The van der Waals surface area contributed by atoms with Crippen molar-refractivity contribution < 1.29 is 9.59 Å². The minimum atomic E-state index is 0.0365. The number of amides is 2. The Hall–Kier alpha value is -1.84. The van der Waals surface area contributed by atoms with Gasteiger partial charge in [-0.1, -0.05) is 36.2 Å². The Morgan fingerprint density at radius 1 is 1.33 bits per heavy atom. The number of benzene rings is 1. The van der Waals surface area contributed by atoms with Gasteiger partial charge in [0.2, 0.25) is 11.8 Å². The Balaban J connectivity index is 1.81. The zero-order valence-electron chi connectivity index (χ0n) is 12.9. The van der Waals surface area contributed by atoms with E-state index in [0.29, 0.717) is 19.6 Å². The Morgan fingerprint density at radius 2 is 2.10 bits per heavy atom. The predicted octanol–water partition coefficient (Wildman–Crippen LogP) is 2.26. The van der Waals surface area contributed by atoms with Crippen LogP contribution in [0.1, 0.15) is 37.3 Å². The van der Waals surface area contributed by atoms with Gasteiger partial charge in [0.05, 0.1) is 0 Å². The first-order valence-corrected chi connectivity index (χ1v) is 7.65. The summed E-state index contributed by atoms with van der Waals surface area (Å²) in [4.78, 5) is 25.3. The first kappa shape index (κ1) is 15.5. The average molecular weight is 288 g/mol. The van der Waals surface area contributed by atoms with Gasteiger partial charge in [0.25, 0.3) is 0 Å². The highest BCUT2D eigenvalue weighted by Crippen LogP contribution is 2.25. The van der Waals surface area contributed by atoms with Crippen molar-refractivity contribution in [2.75, 3.05) is 13.1 Å². The molecule has 4 heteroatoms. The SMILES string of the molecule is CC(=O)N(CCNC(=O)C1CCC1)Cc1cccc(C)c1. The summed E-state index contributed by atoms with van der Waals surface area (Å²) < 4.78 is 0. The summed E-state index contributed by atoms with van der Waals surface area (Å²) in [6.45, 7) is 5.29. The Kier molecular flexibility index (Phi) is 5.37. The molecule has 0 aliphatic heterocycles. The maximum atomic E-state index is 11.8. The highest BCUT2D eigenvalue weighted by molar-refractivity contribution is 5.79. The van der Waals surface area contributed by atoms with E-state index >= 15 is 0 Å². The Labute approximate surface area is 126 Å². The highest BCUT2D eigenvalue weighted by Gasteiger charge is 2.24. The molecule has 114 valence electrons. The molecule has 1 saturated carbocycles. The molecule has 4 nitrogen and oxygen atoms in total. The number of hydrogen-bond donors (Lipinski definition) is 1. The lowest BCUT2D eigenvalue weighted by Crippen LogP contribution is -2.40. The average Bonchev–Trinajstić information content (AvgIpc) is 2.35. The molecule has 0 atom stereocenters. The van der Waals surface area contributed by atoms with Crippen molar-refractivity contribution in [1.29, 1.82) is 0 Å². The van der Waals surface area contributed by atoms with Crippen LogP contribution in [0.25, 0.3) is 0 Å². The normalized spacial score (nSPS) is 14.4. The van der Waals surface area contributed by atoms with Gasteiger partial charge in [-0.3, -0.25) is 9.59 Å². The number of carbonyl (C=O) groups is 2. The number of aryl methyl sites for hydroxylation is 1. The summed E-state index contributed by atoms with van der Waals surface area (Å²) in [6.07, 6.45) is 3.17. The van der Waals surface area contributed by atoms with Crippen LogP contribution in [0.5, 0.6) is 0 Å². The summed E-state index contributed by atoms with van der Waals surface area (Å²) in [7, 11) is 0. The van der Waals surface area contributed by atoms with Crippen molar-refractivity contribution in [1.82, 2.24) is 10.2 Å². The van der Waals surface area contributed by atoms with Crippen LogP contribution in [0.15, 0.2) is 24.3 Å². The fourth-order valence-electron chi connectivity index (χ4n) is 2.51. The molecule has 0 unspecified atom stereocenters. The van der Waals surface area contributed by atoms with Crippen molar-refractivity contribution >= 4 is 11.8 Å². The van der Waals surface area contributed by atoms with Crippen LogP contribution in [-0.4, -0.2) is 29.8 Å². The zero-order valence-corrected chi connectivity index (χ0v) is 12.9. The van der Waals surface area contributed by atoms with Gasteiger partial charge in [-0.25, -0.2) is 0 Å². The maximum Gasteiger partial charge on any atom is 0.223 e. The predicted molar refractivity (Wildman–Crippen MR) is 82.6 cm³/mol. The van der Waals surface area contributed by atoms with Crippen LogP contribution in [0.4, 0.5) is 0 Å². The molecule has 0 radical (unpaired) electrons. The molecule has 1 fully saturated rings. The van der Waals surface area contributed by atoms with Crippen LogP contribution < -0.4 is 5.32 Å². The number of hydrogen-bond acceptors (Lipinski definition) is 2. The summed E-state index contributed by atoms with van der Waals surface area (Å²) in [5.74, 6) is 0.377. The van der Waals surface area contributed by atoms with Crippen LogP contribution in [-0.2, 0) is 16.1 Å². The van der Waals surface area contributed by atoms with Gasteiger partial charge in [-0.15, -0.1) is 0 Å². The van der Waals surface area contributed by atoms with Crippen molar-refractivity contribution in [2.45, 2.75) is 39.7 Å². The van der Waals surface area contributed by atoms with E-state index in [1.807, 2.05) is 25.1 Å². The smallest absolute Gasteiger partial charge is 0.223 e. The van der Waals surface area contributed by atoms with Gasteiger partial charge in [-0.05, 0) is 25.3 Å².